The van der Waals surface area contributed by atoms with Gasteiger partial charge in [0, 0.05) is 17.9 Å². The summed E-state index contributed by atoms with van der Waals surface area (Å²) >= 11 is 1.43. The highest BCUT2D eigenvalue weighted by Crippen LogP contribution is 2.21. The average molecular weight is 335 g/mol. The summed E-state index contributed by atoms with van der Waals surface area (Å²) in [7, 11) is -3.65. The Hall–Kier alpha value is -1.93. The lowest BCUT2D eigenvalue weighted by atomic mass is 10.1. The molecule has 1 aromatic heterocycles. The van der Waals surface area contributed by atoms with Crippen LogP contribution in [0, 0.1) is 0 Å². The summed E-state index contributed by atoms with van der Waals surface area (Å²) in [6, 6.07) is 8.51. The van der Waals surface area contributed by atoms with Crippen LogP contribution >= 0.6 is 11.8 Å². The first-order chi connectivity index (χ1) is 10.6. The summed E-state index contributed by atoms with van der Waals surface area (Å²) < 4.78 is 25.0. The number of thioether (sulfide) groups is 1. The Morgan fingerprint density at radius 1 is 1.27 bits per heavy atom. The second kappa shape index (κ2) is 6.05. The molecule has 0 atom stereocenters. The van der Waals surface area contributed by atoms with Crippen molar-refractivity contribution >= 4 is 32.4 Å². The Morgan fingerprint density at radius 3 is 2.73 bits per heavy atom. The lowest BCUT2D eigenvalue weighted by Gasteiger charge is -2.04. The van der Waals surface area contributed by atoms with Crippen molar-refractivity contribution in [1.29, 1.82) is 0 Å². The molecule has 8 heteroatoms. The van der Waals surface area contributed by atoms with E-state index in [0.29, 0.717) is 17.2 Å². The summed E-state index contributed by atoms with van der Waals surface area (Å²) in [6.07, 6.45) is 1.19. The van der Waals surface area contributed by atoms with Gasteiger partial charge in [0.05, 0.1) is 11.2 Å². The Bertz CT molecular complexity index is 826. The van der Waals surface area contributed by atoms with Gasteiger partial charge in [-0.15, -0.1) is 11.8 Å². The second-order valence-corrected chi connectivity index (χ2v) is 7.81. The molecule has 0 saturated heterocycles. The number of aliphatic imine (C=N–C) groups is 1. The third kappa shape index (κ3) is 2.97. The van der Waals surface area contributed by atoms with Crippen molar-refractivity contribution in [1.82, 2.24) is 10.2 Å². The summed E-state index contributed by atoms with van der Waals surface area (Å²) in [5.41, 5.74) is 0.408. The van der Waals surface area contributed by atoms with Gasteiger partial charge in [0.25, 0.3) is 0 Å². The van der Waals surface area contributed by atoms with E-state index in [0.717, 1.165) is 5.75 Å². The highest BCUT2D eigenvalue weighted by Gasteiger charge is 2.27. The van der Waals surface area contributed by atoms with E-state index in [1.54, 1.807) is 30.3 Å². The molecule has 6 nitrogen and oxygen atoms in total. The molecule has 2 aromatic rings. The standard InChI is InChI=1S/C14H13N3O3S2/c18-14(10-4-2-1-3-5-10)13-11(8-16-17-13)22(19,20)9-12-15-6-7-21-12/h1-5,8H,6-7,9H2,(H,16,17). The van der Waals surface area contributed by atoms with Crippen LogP contribution in [0.5, 0.6) is 0 Å². The maximum atomic E-state index is 12.5. The largest absolute Gasteiger partial charge is 0.287 e. The normalized spacial score (nSPS) is 14.8. The molecule has 0 radical (unpaired) electrons. The molecule has 1 N–H and O–H groups in total. The summed E-state index contributed by atoms with van der Waals surface area (Å²) in [5.74, 6) is 0.218. The van der Waals surface area contributed by atoms with Crippen molar-refractivity contribution in [2.24, 2.45) is 4.99 Å². The zero-order valence-electron chi connectivity index (χ0n) is 11.5. The van der Waals surface area contributed by atoms with E-state index in [2.05, 4.69) is 15.2 Å². The van der Waals surface area contributed by atoms with E-state index in [-0.39, 0.29) is 16.3 Å². The lowest BCUT2D eigenvalue weighted by Crippen LogP contribution is -2.16. The van der Waals surface area contributed by atoms with Crippen molar-refractivity contribution in [2.75, 3.05) is 18.1 Å². The van der Waals surface area contributed by atoms with E-state index in [1.165, 1.54) is 18.0 Å². The zero-order chi connectivity index (χ0) is 15.6. The number of carbonyl (C=O) groups excluding carboxylic acids is 1. The van der Waals surface area contributed by atoms with Gasteiger partial charge in [-0.25, -0.2) is 8.42 Å². The number of aromatic nitrogens is 2. The predicted molar refractivity (Wildman–Crippen MR) is 85.3 cm³/mol. The number of nitrogens with zero attached hydrogens (tertiary/aromatic N) is 2. The quantitative estimate of drug-likeness (QED) is 0.837. The van der Waals surface area contributed by atoms with Gasteiger partial charge in [0.2, 0.25) is 5.78 Å². The smallest absolute Gasteiger partial charge is 0.212 e. The number of aromatic amines is 1. The van der Waals surface area contributed by atoms with Gasteiger partial charge in [0.1, 0.15) is 16.3 Å². The first-order valence-corrected chi connectivity index (χ1v) is 9.24. The molecule has 1 aliphatic heterocycles. The van der Waals surface area contributed by atoms with Crippen molar-refractivity contribution in [3.8, 4) is 0 Å². The van der Waals surface area contributed by atoms with E-state index >= 15 is 0 Å². The van der Waals surface area contributed by atoms with Crippen LogP contribution in [0.2, 0.25) is 0 Å². The molecule has 1 aromatic carbocycles. The zero-order valence-corrected chi connectivity index (χ0v) is 13.2. The monoisotopic (exact) mass is 335 g/mol. The fraction of sp³-hybridized carbons (Fsp3) is 0.214. The topological polar surface area (TPSA) is 92.2 Å². The average Bonchev–Trinajstić information content (AvgIpc) is 3.18. The lowest BCUT2D eigenvalue weighted by molar-refractivity contribution is 0.103. The summed E-state index contributed by atoms with van der Waals surface area (Å²) in [5, 5.41) is 6.83. The van der Waals surface area contributed by atoms with Crippen LogP contribution in [0.1, 0.15) is 16.1 Å². The van der Waals surface area contributed by atoms with E-state index in [1.807, 2.05) is 0 Å². The number of benzene rings is 1. The minimum Gasteiger partial charge on any atom is -0.287 e. The number of nitrogens with one attached hydrogen (secondary N) is 1. The molecule has 22 heavy (non-hydrogen) atoms. The van der Waals surface area contributed by atoms with Crippen LogP contribution < -0.4 is 0 Å². The summed E-state index contributed by atoms with van der Waals surface area (Å²) in [6.45, 7) is 0.636. The molecule has 0 spiro atoms. The van der Waals surface area contributed by atoms with Crippen molar-refractivity contribution in [2.45, 2.75) is 4.90 Å². The maximum Gasteiger partial charge on any atom is 0.212 e. The molecule has 0 bridgehead atoms. The van der Waals surface area contributed by atoms with Crippen molar-refractivity contribution < 1.29 is 13.2 Å². The fourth-order valence-corrected chi connectivity index (χ4v) is 4.75. The summed E-state index contributed by atoms with van der Waals surface area (Å²) in [4.78, 5) is 16.5. The van der Waals surface area contributed by atoms with Crippen LogP contribution in [0.15, 0.2) is 46.4 Å². The van der Waals surface area contributed by atoms with Crippen LogP contribution in [-0.2, 0) is 9.84 Å². The number of ketones is 1. The Labute approximate surface area is 132 Å². The number of H-pyrrole nitrogens is 1. The van der Waals surface area contributed by atoms with Crippen LogP contribution in [-0.4, -0.2) is 47.5 Å². The van der Waals surface area contributed by atoms with Crippen molar-refractivity contribution in [3.05, 3.63) is 47.8 Å². The molecule has 0 aliphatic carbocycles. The van der Waals surface area contributed by atoms with Crippen molar-refractivity contribution in [3.63, 3.8) is 0 Å². The molecular formula is C14H13N3O3S2. The Kier molecular flexibility index (Phi) is 4.12. The maximum absolute atomic E-state index is 12.5. The van der Waals surface area contributed by atoms with Gasteiger partial charge in [0.15, 0.2) is 9.84 Å². The van der Waals surface area contributed by atoms with E-state index in [4.69, 9.17) is 0 Å². The third-order valence-electron chi connectivity index (χ3n) is 3.16. The van der Waals surface area contributed by atoms with Gasteiger partial charge in [-0.2, -0.15) is 5.10 Å². The van der Waals surface area contributed by atoms with Gasteiger partial charge < -0.3 is 0 Å². The minimum atomic E-state index is -3.65. The fourth-order valence-electron chi connectivity index (χ4n) is 2.11. The second-order valence-electron chi connectivity index (χ2n) is 4.69. The van der Waals surface area contributed by atoms with Gasteiger partial charge in [-0.1, -0.05) is 30.3 Å². The number of hydrogen-bond donors (Lipinski definition) is 1. The Balaban J connectivity index is 1.93. The molecule has 3 rings (SSSR count). The van der Waals surface area contributed by atoms with Gasteiger partial charge in [-0.05, 0) is 0 Å². The van der Waals surface area contributed by atoms with Crippen LogP contribution in [0.4, 0.5) is 0 Å². The number of sulfone groups is 1. The number of hydrogen-bond acceptors (Lipinski definition) is 6. The highest BCUT2D eigenvalue weighted by molar-refractivity contribution is 8.15. The van der Waals surface area contributed by atoms with Gasteiger partial charge >= 0.3 is 0 Å². The number of carbonyl (C=O) groups is 1. The highest BCUT2D eigenvalue weighted by atomic mass is 32.2. The molecule has 0 unspecified atom stereocenters. The van der Waals surface area contributed by atoms with E-state index in [9.17, 15) is 13.2 Å². The van der Waals surface area contributed by atoms with Crippen LogP contribution in [0.3, 0.4) is 0 Å². The molecule has 0 saturated carbocycles. The predicted octanol–water partition coefficient (Wildman–Crippen LogP) is 1.56. The van der Waals surface area contributed by atoms with Gasteiger partial charge in [-0.3, -0.25) is 14.9 Å². The molecular weight excluding hydrogens is 322 g/mol. The third-order valence-corrected chi connectivity index (χ3v) is 5.97. The molecule has 114 valence electrons. The SMILES string of the molecule is O=C(c1ccccc1)c1[nH]ncc1S(=O)(=O)CC1=NCCS1. The molecule has 0 amide bonds. The first-order valence-electron chi connectivity index (χ1n) is 6.60. The number of rotatable bonds is 5. The van der Waals surface area contributed by atoms with E-state index < -0.39 is 15.6 Å². The molecule has 2 heterocycles. The molecule has 1 aliphatic rings. The molecule has 0 fully saturated rings. The Morgan fingerprint density at radius 2 is 2.05 bits per heavy atom. The first kappa shape index (κ1) is 15.0. The minimum absolute atomic E-state index is 0.00482. The van der Waals surface area contributed by atoms with Crippen LogP contribution in [0.25, 0.3) is 0 Å².